The number of aromatic nitrogens is 4. The lowest BCUT2D eigenvalue weighted by Gasteiger charge is -2.16. The molecule has 0 saturated heterocycles. The Labute approximate surface area is 384 Å². The van der Waals surface area contributed by atoms with Gasteiger partial charge in [-0.2, -0.15) is 4.37 Å². The number of ether oxygens (including phenoxy) is 2. The molecule has 4 aromatic carbocycles. The van der Waals surface area contributed by atoms with Crippen molar-refractivity contribution in [1.29, 1.82) is 0 Å². The average molecular weight is 897 g/mol. The summed E-state index contributed by atoms with van der Waals surface area (Å²) in [5.74, 6) is 5.27. The Hall–Kier alpha value is -7.00. The zero-order valence-corrected chi connectivity index (χ0v) is 38.5. The van der Waals surface area contributed by atoms with E-state index in [0.717, 1.165) is 70.6 Å². The summed E-state index contributed by atoms with van der Waals surface area (Å²) in [4.78, 5) is 61.6. The summed E-state index contributed by atoms with van der Waals surface area (Å²) in [5, 5.41) is 9.90. The average Bonchev–Trinajstić information content (AvgIpc) is 4.06. The highest BCUT2D eigenvalue weighted by molar-refractivity contribution is 7.09. The second kappa shape index (κ2) is 23.1. The lowest BCUT2D eigenvalue weighted by Crippen LogP contribution is -2.21. The Kier molecular flexibility index (Phi) is 16.9. The minimum Gasteiger partial charge on any atom is -0.457 e. The molecular formula is C50H56N8O6S. The molecule has 2 unspecified atom stereocenters. The van der Waals surface area contributed by atoms with E-state index in [0.29, 0.717) is 77.5 Å². The second-order valence-corrected chi connectivity index (χ2v) is 16.6. The van der Waals surface area contributed by atoms with Crippen LogP contribution in [0.25, 0.3) is 0 Å². The Morgan fingerprint density at radius 1 is 0.738 bits per heavy atom. The maximum Gasteiger partial charge on any atom is 0.253 e. The number of nitrogens with zero attached hydrogens (tertiary/aromatic N) is 5. The summed E-state index contributed by atoms with van der Waals surface area (Å²) >= 11 is 1.32. The number of amides is 2. The van der Waals surface area contributed by atoms with E-state index in [1.807, 2.05) is 51.1 Å². The molecular weight excluding hydrogens is 841 g/mol. The normalized spacial score (nSPS) is 15.2. The first kappa shape index (κ1) is 47.5. The van der Waals surface area contributed by atoms with E-state index in [4.69, 9.17) is 9.47 Å². The summed E-state index contributed by atoms with van der Waals surface area (Å²) in [6.07, 6.45) is 10.8. The molecule has 0 radical (unpaired) electrons. The molecule has 0 spiro atoms. The van der Waals surface area contributed by atoms with Crippen molar-refractivity contribution in [2.45, 2.75) is 72.1 Å². The van der Waals surface area contributed by atoms with Gasteiger partial charge in [0, 0.05) is 93.3 Å². The number of carbonyl (C=O) groups is 4. The molecule has 0 aliphatic heterocycles. The number of carbonyl (C=O) groups excluding carboxylic acids is 4. The number of hydrogen-bond donors (Lipinski definition) is 3. The topological polar surface area (TPSA) is 178 Å². The monoisotopic (exact) mass is 896 g/mol. The van der Waals surface area contributed by atoms with Crippen LogP contribution in [0.4, 0.5) is 22.3 Å². The number of ketones is 2. The van der Waals surface area contributed by atoms with Crippen LogP contribution in [-0.2, 0) is 22.4 Å². The first-order valence-electron chi connectivity index (χ1n) is 21.9. The van der Waals surface area contributed by atoms with Gasteiger partial charge in [-0.05, 0) is 140 Å². The van der Waals surface area contributed by atoms with Crippen molar-refractivity contribution in [2.75, 3.05) is 31.8 Å². The maximum atomic E-state index is 12.1. The smallest absolute Gasteiger partial charge is 0.253 e. The van der Waals surface area contributed by atoms with E-state index in [1.165, 1.54) is 11.5 Å². The third-order valence-corrected chi connectivity index (χ3v) is 11.5. The highest BCUT2D eigenvalue weighted by Gasteiger charge is 2.25. The number of anilines is 4. The van der Waals surface area contributed by atoms with Crippen LogP contribution >= 0.6 is 11.5 Å². The molecule has 0 bridgehead atoms. The zero-order chi connectivity index (χ0) is 46.3. The molecule has 6 aromatic rings. The number of aryl methyl sites for hydroxylation is 1. The highest BCUT2D eigenvalue weighted by atomic mass is 32.1. The Bertz CT molecular complexity index is 2550. The first-order valence-corrected chi connectivity index (χ1v) is 22.6. The van der Waals surface area contributed by atoms with Crippen LogP contribution in [0.3, 0.4) is 0 Å². The van der Waals surface area contributed by atoms with Crippen molar-refractivity contribution >= 4 is 57.2 Å². The number of Topliss-reactive ketones (excluding diaryl/α,β-unsaturated/α-hetero) is 2. The quantitative estimate of drug-likeness (QED) is 0.0944. The highest BCUT2D eigenvalue weighted by Crippen LogP contribution is 2.36. The van der Waals surface area contributed by atoms with Gasteiger partial charge in [0.2, 0.25) is 5.13 Å². The van der Waals surface area contributed by atoms with Gasteiger partial charge in [-0.1, -0.05) is 13.8 Å². The molecule has 3 N–H and O–H groups in total. The fraction of sp³-hybridized carbons (Fsp3) is 0.320. The Morgan fingerprint density at radius 2 is 1.28 bits per heavy atom. The van der Waals surface area contributed by atoms with Gasteiger partial charge < -0.3 is 30.3 Å². The van der Waals surface area contributed by atoms with Crippen LogP contribution in [0.2, 0.25) is 0 Å². The summed E-state index contributed by atoms with van der Waals surface area (Å²) in [7, 11) is 5.06. The minimum absolute atomic E-state index is 0.0505. The fourth-order valence-corrected chi connectivity index (χ4v) is 8.16. The number of benzene rings is 4. The molecule has 65 heavy (non-hydrogen) atoms. The van der Waals surface area contributed by atoms with Crippen molar-refractivity contribution in [3.8, 4) is 23.0 Å². The predicted octanol–water partition coefficient (Wildman–Crippen LogP) is 10.3. The summed E-state index contributed by atoms with van der Waals surface area (Å²) < 4.78 is 16.5. The molecule has 8 rings (SSSR count). The van der Waals surface area contributed by atoms with E-state index < -0.39 is 0 Å². The SMILES string of the molecule is CC.CNC(=O)c1ccc(Oc2ccc(Nc3cnccn3)cc2CC2CCC(=O)C2)cc1.Cc1nsc(Nc2ccc(Oc3ccc(C(=O)N(C)C)cc3)c(CC3CCC(=O)C3)c2)n1. The van der Waals surface area contributed by atoms with Gasteiger partial charge in [0.15, 0.2) is 0 Å². The summed E-state index contributed by atoms with van der Waals surface area (Å²) in [6, 6.07) is 25.9. The van der Waals surface area contributed by atoms with Gasteiger partial charge in [0.05, 0.1) is 6.20 Å². The van der Waals surface area contributed by atoms with Crippen molar-refractivity contribution in [3.05, 3.63) is 132 Å². The molecule has 2 fully saturated rings. The van der Waals surface area contributed by atoms with E-state index in [2.05, 4.69) is 41.3 Å². The van der Waals surface area contributed by atoms with Gasteiger partial charge in [-0.25, -0.2) is 9.97 Å². The van der Waals surface area contributed by atoms with Gasteiger partial charge in [0.25, 0.3) is 11.8 Å². The van der Waals surface area contributed by atoms with E-state index in [-0.39, 0.29) is 11.8 Å². The molecule has 2 aliphatic rings. The summed E-state index contributed by atoms with van der Waals surface area (Å²) in [6.45, 7) is 5.86. The molecule has 2 atom stereocenters. The van der Waals surface area contributed by atoms with Gasteiger partial charge in [-0.15, -0.1) is 0 Å². The third-order valence-electron chi connectivity index (χ3n) is 10.8. The van der Waals surface area contributed by atoms with Crippen LogP contribution in [0.1, 0.15) is 90.0 Å². The van der Waals surface area contributed by atoms with Crippen LogP contribution < -0.4 is 25.4 Å². The lowest BCUT2D eigenvalue weighted by atomic mass is 9.97. The van der Waals surface area contributed by atoms with Crippen molar-refractivity contribution in [2.24, 2.45) is 11.8 Å². The molecule has 2 aromatic heterocycles. The maximum absolute atomic E-state index is 12.1. The van der Waals surface area contributed by atoms with Crippen LogP contribution in [0.5, 0.6) is 23.0 Å². The Balaban J connectivity index is 0.000000208. The minimum atomic E-state index is -0.141. The fourth-order valence-electron chi connectivity index (χ4n) is 7.56. The number of hydrogen-bond acceptors (Lipinski definition) is 13. The molecule has 14 nitrogen and oxygen atoms in total. The molecule has 2 saturated carbocycles. The molecule has 338 valence electrons. The number of nitrogens with one attached hydrogen (secondary N) is 3. The van der Waals surface area contributed by atoms with Crippen molar-refractivity contribution < 1.29 is 28.7 Å². The van der Waals surface area contributed by atoms with E-state index >= 15 is 0 Å². The van der Waals surface area contributed by atoms with Gasteiger partial charge in [-0.3, -0.25) is 24.2 Å². The number of rotatable bonds is 14. The van der Waals surface area contributed by atoms with Crippen LogP contribution in [0, 0.1) is 18.8 Å². The predicted molar refractivity (Wildman–Crippen MR) is 254 cm³/mol. The second-order valence-electron chi connectivity index (χ2n) is 15.9. The van der Waals surface area contributed by atoms with Crippen LogP contribution in [0.15, 0.2) is 104 Å². The lowest BCUT2D eigenvalue weighted by molar-refractivity contribution is -0.118. The molecule has 2 amide bonds. The zero-order valence-electron chi connectivity index (χ0n) is 37.7. The van der Waals surface area contributed by atoms with Crippen molar-refractivity contribution in [3.63, 3.8) is 0 Å². The van der Waals surface area contributed by atoms with E-state index in [1.54, 1.807) is 93.2 Å². The summed E-state index contributed by atoms with van der Waals surface area (Å²) in [5.41, 5.74) is 5.01. The van der Waals surface area contributed by atoms with Gasteiger partial charge >= 0.3 is 0 Å². The Morgan fingerprint density at radius 3 is 1.72 bits per heavy atom. The van der Waals surface area contributed by atoms with Crippen LogP contribution in [-0.4, -0.2) is 68.7 Å². The van der Waals surface area contributed by atoms with E-state index in [9.17, 15) is 19.2 Å². The standard InChI is InChI=1S/C24H26N4O3S.C24H24N4O3.C2H6/c1-15-25-24(32-27-15)26-19-7-11-22(18(14-19)12-16-4-8-20(29)13-16)31-21-9-5-17(6-10-21)23(30)28(2)3;1-25-24(30)17-3-7-21(8-4-17)31-22-9-5-19(28-23-15-26-10-11-27-23)14-18(22)12-16-2-6-20(29)13-16;1-2/h5-7,9-11,14,16H,4,8,12-13H2,1-3H3,(H,25,26,27);3-5,7-11,14-16H,2,6,12-13H2,1H3,(H,25,30)(H,27,28);1-2H3. The largest absolute Gasteiger partial charge is 0.457 e. The molecule has 2 heterocycles. The molecule has 15 heteroatoms. The molecule has 2 aliphatic carbocycles. The third kappa shape index (κ3) is 13.7. The first-order chi connectivity index (χ1) is 31.5. The van der Waals surface area contributed by atoms with Crippen molar-refractivity contribution in [1.82, 2.24) is 29.5 Å². The van der Waals surface area contributed by atoms with Gasteiger partial charge in [0.1, 0.15) is 46.2 Å².